The maximum Gasteiger partial charge on any atom is 0.340 e. The highest BCUT2D eigenvalue weighted by Crippen LogP contribution is 2.49. The third kappa shape index (κ3) is 3.77. The number of nitrogens with two attached hydrogens (primary N) is 1. The van der Waals surface area contributed by atoms with Crippen LogP contribution < -0.4 is 5.73 Å². The molecule has 2 N–H and O–H groups in total. The first-order chi connectivity index (χ1) is 14.3. The molecule has 3 heterocycles. The van der Waals surface area contributed by atoms with Crippen LogP contribution in [-0.4, -0.2) is 33.1 Å². The van der Waals surface area contributed by atoms with Crippen molar-refractivity contribution < 1.29 is 19.1 Å². The Hall–Kier alpha value is -2.94. The van der Waals surface area contributed by atoms with Crippen LogP contribution in [0.25, 0.3) is 0 Å². The number of carbonyl (C=O) groups is 2. The van der Waals surface area contributed by atoms with E-state index in [9.17, 15) is 9.59 Å². The summed E-state index contributed by atoms with van der Waals surface area (Å²) in [6.45, 7) is 6.52. The van der Waals surface area contributed by atoms with E-state index >= 15 is 0 Å². The number of nitrogens with zero attached hydrogens (tertiary/aromatic N) is 3. The Labute approximate surface area is 178 Å². The van der Waals surface area contributed by atoms with Crippen LogP contribution in [-0.2, 0) is 25.6 Å². The summed E-state index contributed by atoms with van der Waals surface area (Å²) in [4.78, 5) is 30.7. The molecule has 0 amide bonds. The van der Waals surface area contributed by atoms with Gasteiger partial charge in [-0.05, 0) is 29.3 Å². The van der Waals surface area contributed by atoms with Gasteiger partial charge in [-0.3, -0.25) is 4.79 Å². The topological polar surface area (TPSA) is 109 Å². The van der Waals surface area contributed by atoms with Gasteiger partial charge in [0.15, 0.2) is 5.78 Å². The molecule has 1 atom stereocenters. The Balaban J connectivity index is 1.78. The van der Waals surface area contributed by atoms with Crippen LogP contribution in [0.5, 0.6) is 0 Å². The fourth-order valence-electron chi connectivity index (χ4n) is 4.01. The van der Waals surface area contributed by atoms with Gasteiger partial charge in [-0.25, -0.2) is 14.5 Å². The van der Waals surface area contributed by atoms with Gasteiger partial charge in [-0.1, -0.05) is 13.8 Å². The van der Waals surface area contributed by atoms with E-state index < -0.39 is 11.9 Å². The highest BCUT2D eigenvalue weighted by atomic mass is 32.1. The minimum absolute atomic E-state index is 0.00827. The smallest absolute Gasteiger partial charge is 0.340 e. The lowest BCUT2D eigenvalue weighted by atomic mass is 9.71. The molecule has 9 heteroatoms. The third-order valence-electron chi connectivity index (χ3n) is 5.22. The molecule has 158 valence electrons. The fraction of sp³-hybridized carbons (Fsp3) is 0.429. The number of ketones is 1. The number of carbonyl (C=O) groups excluding carboxylic acids is 2. The van der Waals surface area contributed by atoms with Crippen molar-refractivity contribution in [2.24, 2.45) is 11.1 Å². The minimum atomic E-state index is -0.592. The number of hydrogen-bond donors (Lipinski definition) is 1. The zero-order chi connectivity index (χ0) is 21.5. The Kier molecular flexibility index (Phi) is 5.23. The summed E-state index contributed by atoms with van der Waals surface area (Å²) in [5, 5.41) is 6.12. The minimum Gasteiger partial charge on any atom is -0.462 e. The van der Waals surface area contributed by atoms with Crippen molar-refractivity contribution in [3.8, 4) is 0 Å². The normalized spacial score (nSPS) is 20.8. The van der Waals surface area contributed by atoms with E-state index in [2.05, 4.69) is 10.1 Å². The second-order valence-corrected chi connectivity index (χ2v) is 9.20. The Morgan fingerprint density at radius 3 is 2.93 bits per heavy atom. The second-order valence-electron chi connectivity index (χ2n) is 8.26. The number of thiophene rings is 1. The summed E-state index contributed by atoms with van der Waals surface area (Å²) >= 11 is 1.48. The van der Waals surface area contributed by atoms with E-state index in [1.54, 1.807) is 17.9 Å². The first kappa shape index (κ1) is 20.3. The van der Waals surface area contributed by atoms with Gasteiger partial charge < -0.3 is 15.2 Å². The molecule has 30 heavy (non-hydrogen) atoms. The van der Waals surface area contributed by atoms with E-state index in [4.69, 9.17) is 15.2 Å². The van der Waals surface area contributed by atoms with Crippen molar-refractivity contribution in [3.05, 3.63) is 57.3 Å². The molecule has 0 aromatic carbocycles. The molecular formula is C21H24N4O4S. The summed E-state index contributed by atoms with van der Waals surface area (Å²) < 4.78 is 12.8. The van der Waals surface area contributed by atoms with E-state index in [0.29, 0.717) is 30.7 Å². The number of ether oxygens (including phenoxy) is 2. The van der Waals surface area contributed by atoms with E-state index in [0.717, 1.165) is 10.4 Å². The van der Waals surface area contributed by atoms with Crippen LogP contribution >= 0.6 is 11.3 Å². The van der Waals surface area contributed by atoms with Gasteiger partial charge in [0, 0.05) is 23.3 Å². The molecule has 0 unspecified atom stereocenters. The Morgan fingerprint density at radius 2 is 2.23 bits per heavy atom. The highest BCUT2D eigenvalue weighted by molar-refractivity contribution is 7.10. The van der Waals surface area contributed by atoms with Gasteiger partial charge in [0.25, 0.3) is 0 Å². The van der Waals surface area contributed by atoms with Crippen molar-refractivity contribution in [2.75, 3.05) is 6.61 Å². The molecule has 0 spiro atoms. The molecule has 2 aliphatic rings. The lowest BCUT2D eigenvalue weighted by Gasteiger charge is -2.37. The third-order valence-corrected chi connectivity index (χ3v) is 6.27. The lowest BCUT2D eigenvalue weighted by Crippen LogP contribution is -2.35. The summed E-state index contributed by atoms with van der Waals surface area (Å²) in [7, 11) is 0. The molecule has 8 nitrogen and oxygen atoms in total. The van der Waals surface area contributed by atoms with E-state index in [1.807, 2.05) is 25.3 Å². The standard InChI is InChI=1S/C21H24N4O4S/c1-4-28-20(27)18-17(15-5-12(9-30-15)8-25-11-23-10-24-25)16-13(26)6-21(2,3)7-14(16)29-19(18)22/h5,9-11,17H,4,6-8,22H2,1-3H3/t17-/m1/s1. The van der Waals surface area contributed by atoms with Crippen molar-refractivity contribution in [2.45, 2.75) is 46.1 Å². The molecule has 0 saturated heterocycles. The first-order valence-electron chi connectivity index (χ1n) is 9.79. The van der Waals surface area contributed by atoms with Gasteiger partial charge in [-0.2, -0.15) is 5.10 Å². The quantitative estimate of drug-likeness (QED) is 0.729. The van der Waals surface area contributed by atoms with Gasteiger partial charge in [0.2, 0.25) is 5.88 Å². The number of Topliss-reactive ketones (excluding diaryl/α,β-unsaturated/α-hetero) is 1. The summed E-state index contributed by atoms with van der Waals surface area (Å²) in [5.74, 6) is -0.611. The lowest BCUT2D eigenvalue weighted by molar-refractivity contribution is -0.139. The Bertz CT molecular complexity index is 1050. The molecule has 0 fully saturated rings. The molecule has 4 rings (SSSR count). The zero-order valence-corrected chi connectivity index (χ0v) is 18.0. The van der Waals surface area contributed by atoms with Crippen molar-refractivity contribution in [1.29, 1.82) is 0 Å². The highest BCUT2D eigenvalue weighted by Gasteiger charge is 2.45. The first-order valence-corrected chi connectivity index (χ1v) is 10.7. The van der Waals surface area contributed by atoms with Crippen molar-refractivity contribution in [1.82, 2.24) is 14.8 Å². The largest absolute Gasteiger partial charge is 0.462 e. The predicted octanol–water partition coefficient (Wildman–Crippen LogP) is 2.88. The van der Waals surface area contributed by atoms with Crippen LogP contribution in [0, 0.1) is 5.41 Å². The molecule has 0 bridgehead atoms. The van der Waals surface area contributed by atoms with Crippen LogP contribution in [0.1, 0.15) is 50.0 Å². The summed E-state index contributed by atoms with van der Waals surface area (Å²) in [5.41, 5.74) is 7.67. The zero-order valence-electron chi connectivity index (χ0n) is 17.2. The van der Waals surface area contributed by atoms with Gasteiger partial charge >= 0.3 is 5.97 Å². The van der Waals surface area contributed by atoms with Crippen LogP contribution in [0.3, 0.4) is 0 Å². The summed E-state index contributed by atoms with van der Waals surface area (Å²) in [6.07, 6.45) is 4.09. The SMILES string of the molecule is CCOC(=O)C1=C(N)OC2=C(C(=O)CC(C)(C)C2)[C@H]1c1cc(Cn2cncn2)cs1. The maximum absolute atomic E-state index is 13.2. The number of hydrogen-bond acceptors (Lipinski definition) is 8. The average molecular weight is 429 g/mol. The summed E-state index contributed by atoms with van der Waals surface area (Å²) in [6, 6.07) is 1.98. The van der Waals surface area contributed by atoms with Crippen molar-refractivity contribution >= 4 is 23.1 Å². The van der Waals surface area contributed by atoms with Gasteiger partial charge in [-0.15, -0.1) is 11.3 Å². The number of allylic oxidation sites excluding steroid dienone is 2. The fourth-order valence-corrected chi connectivity index (χ4v) is 5.03. The molecule has 1 aliphatic heterocycles. The monoisotopic (exact) mass is 428 g/mol. The van der Waals surface area contributed by atoms with Crippen molar-refractivity contribution in [3.63, 3.8) is 0 Å². The molecule has 2 aromatic heterocycles. The predicted molar refractivity (Wildman–Crippen MR) is 110 cm³/mol. The number of esters is 1. The second kappa shape index (κ2) is 7.71. The van der Waals surface area contributed by atoms with Gasteiger partial charge in [0.1, 0.15) is 24.0 Å². The Morgan fingerprint density at radius 1 is 1.43 bits per heavy atom. The molecule has 0 saturated carbocycles. The average Bonchev–Trinajstić information content (AvgIpc) is 3.32. The van der Waals surface area contributed by atoms with Gasteiger partial charge in [0.05, 0.1) is 19.1 Å². The van der Waals surface area contributed by atoms with E-state index in [-0.39, 0.29) is 29.3 Å². The van der Waals surface area contributed by atoms with Crippen LogP contribution in [0.15, 0.2) is 46.9 Å². The number of aromatic nitrogens is 3. The molecular weight excluding hydrogens is 404 g/mol. The van der Waals surface area contributed by atoms with Crippen LogP contribution in [0.2, 0.25) is 0 Å². The van der Waals surface area contributed by atoms with E-state index in [1.165, 1.54) is 17.7 Å². The molecule has 2 aromatic rings. The van der Waals surface area contributed by atoms with Crippen LogP contribution in [0.4, 0.5) is 0 Å². The maximum atomic E-state index is 13.2. The molecule has 0 radical (unpaired) electrons. The molecule has 1 aliphatic carbocycles. The number of rotatable bonds is 5.